The summed E-state index contributed by atoms with van der Waals surface area (Å²) in [5.41, 5.74) is 3.30. The van der Waals surface area contributed by atoms with Gasteiger partial charge in [0.2, 0.25) is 0 Å². The van der Waals surface area contributed by atoms with E-state index in [2.05, 4.69) is 60.8 Å². The van der Waals surface area contributed by atoms with Crippen LogP contribution in [0.4, 0.5) is 0 Å². The van der Waals surface area contributed by atoms with E-state index in [1.165, 1.54) is 5.56 Å². The number of hydrogen-bond donors (Lipinski definition) is 0. The molecule has 0 bridgehead atoms. The third-order valence-electron chi connectivity index (χ3n) is 6.10. The lowest BCUT2D eigenvalue weighted by molar-refractivity contribution is 0.0683. The Labute approximate surface area is 179 Å². The minimum Gasteiger partial charge on any atom is -0.339 e. The van der Waals surface area contributed by atoms with Crippen molar-refractivity contribution in [2.75, 3.05) is 13.1 Å². The van der Waals surface area contributed by atoms with Crippen molar-refractivity contribution >= 4 is 5.91 Å². The molecule has 0 aliphatic carbocycles. The van der Waals surface area contributed by atoms with Gasteiger partial charge in [0.1, 0.15) is 5.82 Å². The second-order valence-corrected chi connectivity index (χ2v) is 9.33. The first-order chi connectivity index (χ1) is 14.4. The highest BCUT2D eigenvalue weighted by Crippen LogP contribution is 2.25. The van der Waals surface area contributed by atoms with Gasteiger partial charge in [0.25, 0.3) is 5.91 Å². The van der Waals surface area contributed by atoms with Crippen molar-refractivity contribution in [3.63, 3.8) is 0 Å². The summed E-state index contributed by atoms with van der Waals surface area (Å²) >= 11 is 0. The van der Waals surface area contributed by atoms with Crippen LogP contribution in [0.3, 0.4) is 0 Å². The number of hydrogen-bond acceptors (Lipinski definition) is 2. The molecule has 1 saturated heterocycles. The lowest BCUT2D eigenvalue weighted by Crippen LogP contribution is -2.39. The standard InChI is InChI=1S/C26H31N3O/c1-26(2,3)23-11-9-22(10-12-23)25(30)28-16-13-20(14-17-28)19-29-18-15-27-24(29)21-7-5-4-6-8-21/h4-12,15,18,20H,13-14,16-17,19H2,1-3H3. The van der Waals surface area contributed by atoms with Crippen LogP contribution in [0.25, 0.3) is 11.4 Å². The summed E-state index contributed by atoms with van der Waals surface area (Å²) in [4.78, 5) is 19.5. The van der Waals surface area contributed by atoms with Crippen LogP contribution in [0.2, 0.25) is 0 Å². The van der Waals surface area contributed by atoms with E-state index >= 15 is 0 Å². The quantitative estimate of drug-likeness (QED) is 0.587. The SMILES string of the molecule is CC(C)(C)c1ccc(C(=O)N2CCC(Cn3ccnc3-c3ccccc3)CC2)cc1. The second-order valence-electron chi connectivity index (χ2n) is 9.33. The van der Waals surface area contributed by atoms with Crippen LogP contribution in [0, 0.1) is 5.92 Å². The molecule has 1 amide bonds. The van der Waals surface area contributed by atoms with Crippen molar-refractivity contribution in [3.05, 3.63) is 78.1 Å². The Hall–Kier alpha value is -2.88. The molecule has 0 radical (unpaired) electrons. The lowest BCUT2D eigenvalue weighted by atomic mass is 9.86. The van der Waals surface area contributed by atoms with Crippen molar-refractivity contribution in [1.29, 1.82) is 0 Å². The minimum absolute atomic E-state index is 0.103. The van der Waals surface area contributed by atoms with E-state index in [0.717, 1.165) is 49.4 Å². The Morgan fingerprint density at radius 2 is 1.67 bits per heavy atom. The van der Waals surface area contributed by atoms with Gasteiger partial charge in [-0.15, -0.1) is 0 Å². The number of rotatable bonds is 4. The second kappa shape index (κ2) is 8.47. The zero-order valence-corrected chi connectivity index (χ0v) is 18.2. The maximum Gasteiger partial charge on any atom is 0.253 e. The van der Waals surface area contributed by atoms with E-state index < -0.39 is 0 Å². The molecule has 0 saturated carbocycles. The number of carbonyl (C=O) groups excluding carboxylic acids is 1. The van der Waals surface area contributed by atoms with Gasteiger partial charge in [-0.05, 0) is 41.9 Å². The molecular weight excluding hydrogens is 370 g/mol. The first-order valence-corrected chi connectivity index (χ1v) is 10.9. The van der Waals surface area contributed by atoms with E-state index in [0.29, 0.717) is 5.92 Å². The monoisotopic (exact) mass is 401 g/mol. The average Bonchev–Trinajstić information content (AvgIpc) is 3.22. The fourth-order valence-corrected chi connectivity index (χ4v) is 4.20. The summed E-state index contributed by atoms with van der Waals surface area (Å²) in [7, 11) is 0. The summed E-state index contributed by atoms with van der Waals surface area (Å²) in [5, 5.41) is 0. The van der Waals surface area contributed by atoms with E-state index in [-0.39, 0.29) is 11.3 Å². The first-order valence-electron chi connectivity index (χ1n) is 10.9. The zero-order chi connectivity index (χ0) is 21.1. The van der Waals surface area contributed by atoms with E-state index in [9.17, 15) is 4.79 Å². The number of imidazole rings is 1. The highest BCUT2D eigenvalue weighted by molar-refractivity contribution is 5.94. The van der Waals surface area contributed by atoms with E-state index in [4.69, 9.17) is 0 Å². The first kappa shape index (κ1) is 20.4. The van der Waals surface area contributed by atoms with Gasteiger partial charge in [-0.3, -0.25) is 4.79 Å². The molecule has 4 heteroatoms. The molecule has 4 nitrogen and oxygen atoms in total. The highest BCUT2D eigenvalue weighted by atomic mass is 16.2. The van der Waals surface area contributed by atoms with Crippen molar-refractivity contribution in [1.82, 2.24) is 14.5 Å². The van der Waals surface area contributed by atoms with Crippen LogP contribution < -0.4 is 0 Å². The molecule has 1 fully saturated rings. The normalized spacial score (nSPS) is 15.4. The summed E-state index contributed by atoms with van der Waals surface area (Å²) in [5.74, 6) is 1.74. The summed E-state index contributed by atoms with van der Waals surface area (Å²) in [6.45, 7) is 9.17. The van der Waals surface area contributed by atoms with Gasteiger partial charge >= 0.3 is 0 Å². The fraction of sp³-hybridized carbons (Fsp3) is 0.385. The van der Waals surface area contributed by atoms with E-state index in [1.807, 2.05) is 41.4 Å². The number of benzene rings is 2. The number of nitrogens with zero attached hydrogens (tertiary/aromatic N) is 3. The molecule has 0 N–H and O–H groups in total. The number of aromatic nitrogens is 2. The van der Waals surface area contributed by atoms with Crippen molar-refractivity contribution in [2.24, 2.45) is 5.92 Å². The Morgan fingerprint density at radius 3 is 2.30 bits per heavy atom. The van der Waals surface area contributed by atoms with Crippen molar-refractivity contribution in [3.8, 4) is 11.4 Å². The molecular formula is C26H31N3O. The molecule has 2 heterocycles. The molecule has 0 unspecified atom stereocenters. The van der Waals surface area contributed by atoms with Gasteiger partial charge in [-0.2, -0.15) is 0 Å². The van der Waals surface area contributed by atoms with E-state index in [1.54, 1.807) is 0 Å². The molecule has 1 aliphatic heterocycles. The van der Waals surface area contributed by atoms with Gasteiger partial charge in [0, 0.05) is 43.2 Å². The third-order valence-corrected chi connectivity index (χ3v) is 6.10. The fourth-order valence-electron chi connectivity index (χ4n) is 4.20. The predicted octanol–water partition coefficient (Wildman–Crippen LogP) is 5.40. The Balaban J connectivity index is 1.36. The molecule has 30 heavy (non-hydrogen) atoms. The summed E-state index contributed by atoms with van der Waals surface area (Å²) < 4.78 is 2.25. The summed E-state index contributed by atoms with van der Waals surface area (Å²) in [6, 6.07) is 18.5. The Bertz CT molecular complexity index is 975. The number of likely N-dealkylation sites (tertiary alicyclic amines) is 1. The highest BCUT2D eigenvalue weighted by Gasteiger charge is 2.25. The Morgan fingerprint density at radius 1 is 1.00 bits per heavy atom. The molecule has 0 spiro atoms. The molecule has 3 aromatic rings. The molecule has 2 aromatic carbocycles. The largest absolute Gasteiger partial charge is 0.339 e. The minimum atomic E-state index is 0.103. The van der Waals surface area contributed by atoms with Crippen molar-refractivity contribution < 1.29 is 4.79 Å². The number of carbonyl (C=O) groups is 1. The molecule has 1 aromatic heterocycles. The predicted molar refractivity (Wildman–Crippen MR) is 121 cm³/mol. The van der Waals surface area contributed by atoms with Crippen molar-refractivity contribution in [2.45, 2.75) is 45.6 Å². The molecule has 1 aliphatic rings. The van der Waals surface area contributed by atoms with Gasteiger partial charge in [-0.1, -0.05) is 63.2 Å². The molecule has 156 valence electrons. The smallest absolute Gasteiger partial charge is 0.253 e. The molecule has 4 rings (SSSR count). The zero-order valence-electron chi connectivity index (χ0n) is 18.2. The third kappa shape index (κ3) is 4.48. The van der Waals surface area contributed by atoms with Crippen LogP contribution in [-0.2, 0) is 12.0 Å². The topological polar surface area (TPSA) is 38.1 Å². The lowest BCUT2D eigenvalue weighted by Gasteiger charge is -2.32. The number of piperidine rings is 1. The van der Waals surface area contributed by atoms with Crippen LogP contribution in [0.1, 0.15) is 49.5 Å². The van der Waals surface area contributed by atoms with Crippen LogP contribution in [0.15, 0.2) is 67.0 Å². The van der Waals surface area contributed by atoms with Crippen LogP contribution in [0.5, 0.6) is 0 Å². The average molecular weight is 402 g/mol. The molecule has 0 atom stereocenters. The van der Waals surface area contributed by atoms with Gasteiger partial charge in [0.15, 0.2) is 0 Å². The van der Waals surface area contributed by atoms with Gasteiger partial charge < -0.3 is 9.47 Å². The Kier molecular flexibility index (Phi) is 5.76. The van der Waals surface area contributed by atoms with Crippen LogP contribution >= 0.6 is 0 Å². The number of amides is 1. The maximum absolute atomic E-state index is 12.9. The van der Waals surface area contributed by atoms with Crippen LogP contribution in [-0.4, -0.2) is 33.4 Å². The van der Waals surface area contributed by atoms with Gasteiger partial charge in [-0.25, -0.2) is 4.98 Å². The summed E-state index contributed by atoms with van der Waals surface area (Å²) in [6.07, 6.45) is 6.00. The van der Waals surface area contributed by atoms with Gasteiger partial charge in [0.05, 0.1) is 0 Å². The maximum atomic E-state index is 12.9.